The second kappa shape index (κ2) is 7.30. The SMILES string of the molecule is CNc1nc(S(C)(=O)=O)c(S(C)(=O)=O)cc1NC(=O)Oc1ccccc1. The summed E-state index contributed by atoms with van der Waals surface area (Å²) < 4.78 is 52.7. The van der Waals surface area contributed by atoms with Crippen molar-refractivity contribution < 1.29 is 26.4 Å². The van der Waals surface area contributed by atoms with Crippen LogP contribution in [-0.4, -0.2) is 47.5 Å². The van der Waals surface area contributed by atoms with Gasteiger partial charge in [-0.1, -0.05) is 18.2 Å². The predicted octanol–water partition coefficient (Wildman–Crippen LogP) is 1.54. The van der Waals surface area contributed by atoms with Crippen LogP contribution in [0.5, 0.6) is 5.75 Å². The number of nitrogens with zero attached hydrogens (tertiary/aromatic N) is 1. The molecule has 2 N–H and O–H groups in total. The highest BCUT2D eigenvalue weighted by Gasteiger charge is 2.26. The van der Waals surface area contributed by atoms with Crippen molar-refractivity contribution in [2.24, 2.45) is 0 Å². The third-order valence-electron chi connectivity index (χ3n) is 3.13. The molecule has 9 nitrogen and oxygen atoms in total. The third-order valence-corrected chi connectivity index (χ3v) is 5.39. The summed E-state index contributed by atoms with van der Waals surface area (Å²) in [5.74, 6) is 0.253. The maximum absolute atomic E-state index is 12.0. The number of aromatic nitrogens is 1. The molecule has 0 aliphatic carbocycles. The molecule has 26 heavy (non-hydrogen) atoms. The number of anilines is 2. The van der Waals surface area contributed by atoms with Crippen molar-refractivity contribution in [1.29, 1.82) is 0 Å². The predicted molar refractivity (Wildman–Crippen MR) is 96.1 cm³/mol. The van der Waals surface area contributed by atoms with Crippen LogP contribution in [0.3, 0.4) is 0 Å². The van der Waals surface area contributed by atoms with E-state index in [1.165, 1.54) is 7.05 Å². The largest absolute Gasteiger partial charge is 0.417 e. The van der Waals surface area contributed by atoms with E-state index in [0.29, 0.717) is 0 Å². The van der Waals surface area contributed by atoms with E-state index in [9.17, 15) is 21.6 Å². The molecule has 1 amide bonds. The van der Waals surface area contributed by atoms with Crippen molar-refractivity contribution in [3.8, 4) is 5.75 Å². The molecule has 0 aliphatic heterocycles. The Hall–Kier alpha value is -2.66. The summed E-state index contributed by atoms with van der Waals surface area (Å²) in [5, 5.41) is 4.37. The van der Waals surface area contributed by atoms with E-state index in [1.54, 1.807) is 30.3 Å². The van der Waals surface area contributed by atoms with Crippen LogP contribution < -0.4 is 15.4 Å². The van der Waals surface area contributed by atoms with Crippen LogP contribution in [0.4, 0.5) is 16.3 Å². The van der Waals surface area contributed by atoms with E-state index in [0.717, 1.165) is 18.6 Å². The van der Waals surface area contributed by atoms with Gasteiger partial charge in [-0.3, -0.25) is 5.32 Å². The fourth-order valence-corrected chi connectivity index (χ4v) is 4.31. The average molecular weight is 399 g/mol. The molecule has 0 aliphatic rings. The normalized spacial score (nSPS) is 11.7. The zero-order chi connectivity index (χ0) is 19.5. The van der Waals surface area contributed by atoms with Crippen molar-refractivity contribution >= 4 is 37.3 Å². The van der Waals surface area contributed by atoms with Crippen molar-refractivity contribution in [2.45, 2.75) is 9.92 Å². The third kappa shape index (κ3) is 4.70. The summed E-state index contributed by atoms with van der Waals surface area (Å²) in [7, 11) is -6.39. The molecule has 0 spiro atoms. The average Bonchev–Trinajstić information content (AvgIpc) is 2.53. The molecule has 140 valence electrons. The van der Waals surface area contributed by atoms with Gasteiger partial charge in [0.05, 0.1) is 5.69 Å². The van der Waals surface area contributed by atoms with E-state index in [4.69, 9.17) is 4.74 Å². The molecule has 1 heterocycles. The van der Waals surface area contributed by atoms with Gasteiger partial charge in [-0.25, -0.2) is 26.6 Å². The molecule has 2 rings (SSSR count). The van der Waals surface area contributed by atoms with E-state index in [1.807, 2.05) is 0 Å². The Morgan fingerprint density at radius 2 is 1.65 bits per heavy atom. The van der Waals surface area contributed by atoms with Crippen LogP contribution in [0.1, 0.15) is 0 Å². The van der Waals surface area contributed by atoms with Gasteiger partial charge >= 0.3 is 6.09 Å². The first-order chi connectivity index (χ1) is 12.0. The number of rotatable bonds is 5. The van der Waals surface area contributed by atoms with Crippen LogP contribution in [0.25, 0.3) is 0 Å². The van der Waals surface area contributed by atoms with Gasteiger partial charge in [-0.2, -0.15) is 0 Å². The van der Waals surface area contributed by atoms with Gasteiger partial charge in [0.1, 0.15) is 10.6 Å². The highest BCUT2D eigenvalue weighted by Crippen LogP contribution is 2.28. The second-order valence-electron chi connectivity index (χ2n) is 5.31. The molecular weight excluding hydrogens is 382 g/mol. The lowest BCUT2D eigenvalue weighted by atomic mass is 10.3. The maximum Gasteiger partial charge on any atom is 0.417 e. The minimum absolute atomic E-state index is 0.0252. The number of benzene rings is 1. The number of carbonyl (C=O) groups excluding carboxylic acids is 1. The van der Waals surface area contributed by atoms with Gasteiger partial charge in [0.15, 0.2) is 30.5 Å². The molecule has 0 unspecified atom stereocenters. The summed E-state index contributed by atoms with van der Waals surface area (Å²) in [5.41, 5.74) is -0.0405. The molecule has 0 fully saturated rings. The number of ether oxygens (including phenoxy) is 1. The van der Waals surface area contributed by atoms with Gasteiger partial charge in [-0.05, 0) is 18.2 Å². The molecule has 0 saturated carbocycles. The number of amides is 1. The number of nitrogens with one attached hydrogen (secondary N) is 2. The minimum atomic E-state index is -3.92. The zero-order valence-corrected chi connectivity index (χ0v) is 15.8. The number of pyridine rings is 1. The second-order valence-corrected chi connectivity index (χ2v) is 9.22. The highest BCUT2D eigenvalue weighted by atomic mass is 32.2. The Bertz CT molecular complexity index is 1030. The molecule has 1 aromatic carbocycles. The number of hydrogen-bond acceptors (Lipinski definition) is 8. The van der Waals surface area contributed by atoms with Crippen molar-refractivity contribution in [2.75, 3.05) is 30.2 Å². The Kier molecular flexibility index (Phi) is 5.52. The van der Waals surface area contributed by atoms with E-state index in [-0.39, 0.29) is 17.3 Å². The van der Waals surface area contributed by atoms with Crippen molar-refractivity contribution in [1.82, 2.24) is 4.98 Å². The fraction of sp³-hybridized carbons (Fsp3) is 0.200. The van der Waals surface area contributed by atoms with Crippen LogP contribution >= 0.6 is 0 Å². The first kappa shape index (κ1) is 19.7. The number of hydrogen-bond donors (Lipinski definition) is 2. The molecule has 0 saturated heterocycles. The van der Waals surface area contributed by atoms with Gasteiger partial charge in [-0.15, -0.1) is 0 Å². The van der Waals surface area contributed by atoms with Gasteiger partial charge in [0.25, 0.3) is 0 Å². The van der Waals surface area contributed by atoms with Crippen LogP contribution in [0, 0.1) is 0 Å². The molecular formula is C15H17N3O6S2. The number of para-hydroxylation sites is 1. The van der Waals surface area contributed by atoms with Gasteiger partial charge < -0.3 is 10.1 Å². The van der Waals surface area contributed by atoms with E-state index >= 15 is 0 Å². The Morgan fingerprint density at radius 3 is 2.15 bits per heavy atom. The van der Waals surface area contributed by atoms with Gasteiger partial charge in [0, 0.05) is 19.6 Å². The van der Waals surface area contributed by atoms with Crippen LogP contribution in [0.15, 0.2) is 46.3 Å². The smallest absolute Gasteiger partial charge is 0.410 e. The number of carbonyl (C=O) groups is 1. The lowest BCUT2D eigenvalue weighted by Gasteiger charge is -2.14. The topological polar surface area (TPSA) is 132 Å². The molecule has 2 aromatic rings. The van der Waals surface area contributed by atoms with Crippen molar-refractivity contribution in [3.05, 3.63) is 36.4 Å². The maximum atomic E-state index is 12.0. The Labute approximate surface area is 151 Å². The highest BCUT2D eigenvalue weighted by molar-refractivity contribution is 7.93. The van der Waals surface area contributed by atoms with E-state index < -0.39 is 35.7 Å². The molecule has 1 aromatic heterocycles. The minimum Gasteiger partial charge on any atom is -0.410 e. The lowest BCUT2D eigenvalue weighted by Crippen LogP contribution is -2.20. The molecule has 11 heteroatoms. The first-order valence-corrected chi connectivity index (χ1v) is 11.0. The monoisotopic (exact) mass is 399 g/mol. The summed E-state index contributed by atoms with van der Waals surface area (Å²) in [6.45, 7) is 0. The van der Waals surface area contributed by atoms with E-state index in [2.05, 4.69) is 15.6 Å². The molecule has 0 bridgehead atoms. The molecule has 0 radical (unpaired) electrons. The zero-order valence-electron chi connectivity index (χ0n) is 14.2. The summed E-state index contributed by atoms with van der Waals surface area (Å²) in [6.07, 6.45) is 0.811. The van der Waals surface area contributed by atoms with Gasteiger partial charge in [0.2, 0.25) is 0 Å². The number of sulfone groups is 2. The first-order valence-electron chi connectivity index (χ1n) is 7.19. The summed E-state index contributed by atoms with van der Waals surface area (Å²) >= 11 is 0. The lowest BCUT2D eigenvalue weighted by molar-refractivity contribution is 0.215. The summed E-state index contributed by atoms with van der Waals surface area (Å²) in [4.78, 5) is 15.4. The van der Waals surface area contributed by atoms with Crippen molar-refractivity contribution in [3.63, 3.8) is 0 Å². The quantitative estimate of drug-likeness (QED) is 0.774. The standard InChI is InChI=1S/C15H17N3O6S2/c1-16-13-11(17-15(19)24-10-7-5-4-6-8-10)9-12(25(2,20)21)14(18-13)26(3,22)23/h4-9H,1-3H3,(H,16,18)(H,17,19). The van der Waals surface area contributed by atoms with Crippen LogP contribution in [0.2, 0.25) is 0 Å². The molecule has 0 atom stereocenters. The van der Waals surface area contributed by atoms with Crippen LogP contribution in [-0.2, 0) is 19.7 Å². The Balaban J connectivity index is 2.47. The fourth-order valence-electron chi connectivity index (χ4n) is 2.03. The summed E-state index contributed by atoms with van der Waals surface area (Å²) in [6, 6.07) is 9.24. The Morgan fingerprint density at radius 1 is 1.04 bits per heavy atom.